The number of benzene rings is 1. The van der Waals surface area contributed by atoms with Gasteiger partial charge in [-0.05, 0) is 25.3 Å². The van der Waals surface area contributed by atoms with Crippen molar-refractivity contribution >= 4 is 29.3 Å². The number of thioether (sulfide) groups is 1. The molecule has 1 aromatic heterocycles. The van der Waals surface area contributed by atoms with E-state index in [1.807, 2.05) is 6.26 Å². The lowest BCUT2D eigenvalue weighted by Gasteiger charge is -2.22. The van der Waals surface area contributed by atoms with E-state index in [1.165, 1.54) is 18.0 Å². The highest BCUT2D eigenvalue weighted by molar-refractivity contribution is 7.98. The summed E-state index contributed by atoms with van der Waals surface area (Å²) in [5.41, 5.74) is 0.535. The highest BCUT2D eigenvalue weighted by atomic mass is 35.5. The molecule has 0 aliphatic carbocycles. The first-order valence-corrected chi connectivity index (χ1v) is 8.40. The fraction of sp³-hybridized carbons (Fsp3) is 0.333. The monoisotopic (exact) mass is 340 g/mol. The summed E-state index contributed by atoms with van der Waals surface area (Å²) < 4.78 is 4.92. The van der Waals surface area contributed by atoms with Crippen LogP contribution in [0.1, 0.15) is 17.3 Å². The number of nitrogens with zero attached hydrogens (tertiary/aromatic N) is 1. The first-order valence-electron chi connectivity index (χ1n) is 6.63. The Labute approximate surface area is 138 Å². The van der Waals surface area contributed by atoms with Crippen molar-refractivity contribution in [1.82, 2.24) is 10.5 Å². The molecular weight excluding hydrogens is 324 g/mol. The molecule has 1 atom stereocenters. The predicted molar refractivity (Wildman–Crippen MR) is 88.3 cm³/mol. The largest absolute Gasteiger partial charge is 0.387 e. The molecule has 0 radical (unpaired) electrons. The highest BCUT2D eigenvalue weighted by Gasteiger charge is 2.23. The third-order valence-corrected chi connectivity index (χ3v) is 4.18. The summed E-state index contributed by atoms with van der Waals surface area (Å²) in [7, 11) is 0. The molecule has 0 aliphatic heterocycles. The second kappa shape index (κ2) is 7.17. The Morgan fingerprint density at radius 3 is 2.77 bits per heavy atom. The summed E-state index contributed by atoms with van der Waals surface area (Å²) in [6, 6.07) is 6.97. The second-order valence-corrected chi connectivity index (χ2v) is 6.50. The Morgan fingerprint density at radius 1 is 1.45 bits per heavy atom. The summed E-state index contributed by atoms with van der Waals surface area (Å²) in [6.07, 6.45) is 3.19. The number of carbonyl (C=O) groups is 1. The molecule has 1 unspecified atom stereocenters. The molecule has 0 bridgehead atoms. The number of hydrogen-bond donors (Lipinski definition) is 2. The molecule has 5 nitrogen and oxygen atoms in total. The molecule has 2 aromatic rings. The van der Waals surface area contributed by atoms with Gasteiger partial charge in [0.1, 0.15) is 17.5 Å². The molecule has 2 rings (SSSR count). The minimum absolute atomic E-state index is 0.151. The van der Waals surface area contributed by atoms with Gasteiger partial charge in [-0.3, -0.25) is 4.79 Å². The van der Waals surface area contributed by atoms with Gasteiger partial charge >= 0.3 is 0 Å². The van der Waals surface area contributed by atoms with Gasteiger partial charge < -0.3 is 14.9 Å². The second-order valence-electron chi connectivity index (χ2n) is 5.20. The third-order valence-electron chi connectivity index (χ3n) is 3.02. The molecule has 22 heavy (non-hydrogen) atoms. The third kappa shape index (κ3) is 4.25. The zero-order valence-corrected chi connectivity index (χ0v) is 13.9. The van der Waals surface area contributed by atoms with Crippen LogP contribution in [0.2, 0.25) is 5.02 Å². The van der Waals surface area contributed by atoms with E-state index < -0.39 is 5.60 Å². The van der Waals surface area contributed by atoms with Gasteiger partial charge in [0.25, 0.3) is 5.91 Å². The molecule has 0 spiro atoms. The molecule has 2 N–H and O–H groups in total. The molecule has 0 fully saturated rings. The van der Waals surface area contributed by atoms with Crippen LogP contribution in [-0.2, 0) is 0 Å². The molecule has 0 saturated carbocycles. The topological polar surface area (TPSA) is 75.4 Å². The van der Waals surface area contributed by atoms with Crippen molar-refractivity contribution < 1.29 is 14.4 Å². The first kappa shape index (κ1) is 16.9. The van der Waals surface area contributed by atoms with E-state index in [0.29, 0.717) is 22.0 Å². The summed E-state index contributed by atoms with van der Waals surface area (Å²) in [6.45, 7) is 1.83. The van der Waals surface area contributed by atoms with Gasteiger partial charge in [-0.25, -0.2) is 0 Å². The Morgan fingerprint density at radius 2 is 2.14 bits per heavy atom. The van der Waals surface area contributed by atoms with E-state index in [0.717, 1.165) is 5.56 Å². The maximum atomic E-state index is 12.3. The Hall–Kier alpha value is -1.50. The van der Waals surface area contributed by atoms with E-state index in [4.69, 9.17) is 16.1 Å². The number of nitrogens with one attached hydrogen (secondary N) is 1. The SMILES string of the molecule is CSCC(C)(O)CNC(=O)c1conc1-c1ccc(Cl)cc1. The van der Waals surface area contributed by atoms with Crippen LogP contribution in [0.3, 0.4) is 0 Å². The maximum Gasteiger partial charge on any atom is 0.256 e. The van der Waals surface area contributed by atoms with Gasteiger partial charge in [0.2, 0.25) is 0 Å². The van der Waals surface area contributed by atoms with Crippen LogP contribution < -0.4 is 5.32 Å². The van der Waals surface area contributed by atoms with E-state index in [1.54, 1.807) is 31.2 Å². The Kier molecular flexibility index (Phi) is 5.50. The zero-order chi connectivity index (χ0) is 16.2. The average molecular weight is 341 g/mol. The lowest BCUT2D eigenvalue weighted by Crippen LogP contribution is -2.42. The maximum absolute atomic E-state index is 12.3. The van der Waals surface area contributed by atoms with Crippen molar-refractivity contribution in [1.29, 1.82) is 0 Å². The number of halogens is 1. The number of aromatic nitrogens is 1. The molecule has 0 saturated heterocycles. The lowest BCUT2D eigenvalue weighted by atomic mass is 10.1. The first-order chi connectivity index (χ1) is 10.4. The van der Waals surface area contributed by atoms with Crippen LogP contribution in [-0.4, -0.2) is 40.3 Å². The fourth-order valence-electron chi connectivity index (χ4n) is 1.94. The average Bonchev–Trinajstić information content (AvgIpc) is 2.95. The van der Waals surface area contributed by atoms with Crippen LogP contribution in [0.5, 0.6) is 0 Å². The van der Waals surface area contributed by atoms with Crippen LogP contribution in [0.15, 0.2) is 35.1 Å². The Bertz CT molecular complexity index is 640. The summed E-state index contributed by atoms with van der Waals surface area (Å²) in [5.74, 6) is 0.189. The molecule has 118 valence electrons. The van der Waals surface area contributed by atoms with Gasteiger partial charge in [-0.15, -0.1) is 0 Å². The van der Waals surface area contributed by atoms with Crippen LogP contribution >= 0.6 is 23.4 Å². The van der Waals surface area contributed by atoms with Gasteiger partial charge in [0.15, 0.2) is 0 Å². The van der Waals surface area contributed by atoms with Crippen molar-refractivity contribution in [2.45, 2.75) is 12.5 Å². The number of carbonyl (C=O) groups excluding carboxylic acids is 1. The molecule has 7 heteroatoms. The summed E-state index contributed by atoms with van der Waals surface area (Å²) in [4.78, 5) is 12.3. The van der Waals surface area contributed by atoms with Crippen molar-refractivity contribution in [3.05, 3.63) is 41.1 Å². The zero-order valence-electron chi connectivity index (χ0n) is 12.3. The van der Waals surface area contributed by atoms with Crippen LogP contribution in [0.25, 0.3) is 11.3 Å². The smallest absolute Gasteiger partial charge is 0.256 e. The molecular formula is C15H17ClN2O3S. The van der Waals surface area contributed by atoms with E-state index in [2.05, 4.69) is 10.5 Å². The van der Waals surface area contributed by atoms with Crippen molar-refractivity contribution in [2.24, 2.45) is 0 Å². The lowest BCUT2D eigenvalue weighted by molar-refractivity contribution is 0.0725. The molecule has 1 aromatic carbocycles. The number of aliphatic hydroxyl groups is 1. The normalized spacial score (nSPS) is 13.6. The van der Waals surface area contributed by atoms with Crippen LogP contribution in [0, 0.1) is 0 Å². The highest BCUT2D eigenvalue weighted by Crippen LogP contribution is 2.24. The summed E-state index contributed by atoms with van der Waals surface area (Å²) in [5, 5.41) is 17.3. The molecule has 1 amide bonds. The standard InChI is InChI=1S/C15H17ClN2O3S/c1-15(20,9-22-2)8-17-14(19)12-7-21-18-13(12)10-3-5-11(16)6-4-10/h3-7,20H,8-9H2,1-2H3,(H,17,19). The van der Waals surface area contributed by atoms with E-state index in [-0.39, 0.29) is 12.5 Å². The number of amides is 1. The number of rotatable bonds is 6. The Balaban J connectivity index is 2.12. The van der Waals surface area contributed by atoms with E-state index in [9.17, 15) is 9.90 Å². The minimum atomic E-state index is -0.966. The van der Waals surface area contributed by atoms with Gasteiger partial charge in [0.05, 0.1) is 5.60 Å². The molecule has 0 aliphatic rings. The molecule has 1 heterocycles. The summed E-state index contributed by atoms with van der Waals surface area (Å²) >= 11 is 7.37. The minimum Gasteiger partial charge on any atom is -0.387 e. The van der Waals surface area contributed by atoms with Crippen molar-refractivity contribution in [3.8, 4) is 11.3 Å². The number of hydrogen-bond acceptors (Lipinski definition) is 5. The van der Waals surface area contributed by atoms with Crippen molar-refractivity contribution in [2.75, 3.05) is 18.6 Å². The van der Waals surface area contributed by atoms with Gasteiger partial charge in [0, 0.05) is 22.9 Å². The van der Waals surface area contributed by atoms with Crippen LogP contribution in [0.4, 0.5) is 0 Å². The van der Waals surface area contributed by atoms with Crippen molar-refractivity contribution in [3.63, 3.8) is 0 Å². The quantitative estimate of drug-likeness (QED) is 0.845. The van der Waals surface area contributed by atoms with Gasteiger partial charge in [-0.1, -0.05) is 28.9 Å². The predicted octanol–water partition coefficient (Wildman–Crippen LogP) is 2.84. The fourth-order valence-corrected chi connectivity index (χ4v) is 2.79. The van der Waals surface area contributed by atoms with Gasteiger partial charge in [-0.2, -0.15) is 11.8 Å². The van der Waals surface area contributed by atoms with E-state index >= 15 is 0 Å².